The molecule has 2 aliphatic carbocycles. The van der Waals surface area contributed by atoms with Crippen molar-refractivity contribution in [2.45, 2.75) is 17.6 Å². The van der Waals surface area contributed by atoms with Crippen molar-refractivity contribution in [3.8, 4) is 0 Å². The Morgan fingerprint density at radius 1 is 0.714 bits per heavy atom. The van der Waals surface area contributed by atoms with E-state index in [4.69, 9.17) is 0 Å². The van der Waals surface area contributed by atoms with E-state index in [1.54, 1.807) is 11.1 Å². The molecule has 2 atom stereocenters. The third kappa shape index (κ3) is 2.40. The van der Waals surface area contributed by atoms with Gasteiger partial charge in [0.1, 0.15) is 0 Å². The van der Waals surface area contributed by atoms with Crippen molar-refractivity contribution in [2.24, 2.45) is 0 Å². The second-order valence-corrected chi connectivity index (χ2v) is 9.04. The van der Waals surface area contributed by atoms with Crippen molar-refractivity contribution < 1.29 is 0 Å². The summed E-state index contributed by atoms with van der Waals surface area (Å²) in [6, 6.07) is 17.8. The molecule has 0 saturated carbocycles. The largest absolute Gasteiger partial charge is 0.0794 e. The summed E-state index contributed by atoms with van der Waals surface area (Å²) >= 11 is 0. The minimum Gasteiger partial charge on any atom is -0.0794 e. The summed E-state index contributed by atoms with van der Waals surface area (Å²) in [6.45, 7) is 2.52. The van der Waals surface area contributed by atoms with Gasteiger partial charge in [0.05, 0.1) is 8.80 Å². The maximum absolute atomic E-state index is 2.52. The van der Waals surface area contributed by atoms with Gasteiger partial charge in [-0.15, -0.1) is 0 Å². The van der Waals surface area contributed by atoms with E-state index < -0.39 is 8.80 Å². The van der Waals surface area contributed by atoms with E-state index in [1.807, 2.05) is 0 Å². The molecule has 4 rings (SSSR count). The van der Waals surface area contributed by atoms with E-state index in [9.17, 15) is 0 Å². The second-order valence-electron chi connectivity index (χ2n) is 5.89. The predicted molar refractivity (Wildman–Crippen MR) is 95.2 cm³/mol. The summed E-state index contributed by atoms with van der Waals surface area (Å²) in [5.41, 5.74) is 7.28. The Bertz CT molecular complexity index is 656. The maximum Gasteiger partial charge on any atom is 0.0592 e. The van der Waals surface area contributed by atoms with E-state index in [0.717, 1.165) is 0 Å². The predicted octanol–water partition coefficient (Wildman–Crippen LogP) is 4.16. The van der Waals surface area contributed by atoms with Crippen LogP contribution in [0, 0.1) is 0 Å². The quantitative estimate of drug-likeness (QED) is 0.725. The van der Waals surface area contributed by atoms with Crippen molar-refractivity contribution >= 4 is 39.8 Å². The fourth-order valence-electron chi connectivity index (χ4n) is 3.69. The molecule has 0 nitrogen and oxygen atoms in total. The molecule has 0 saturated heterocycles. The third-order valence-electron chi connectivity index (χ3n) is 4.81. The van der Waals surface area contributed by atoms with Gasteiger partial charge >= 0.3 is 0 Å². The van der Waals surface area contributed by atoms with Crippen molar-refractivity contribution in [1.29, 1.82) is 0 Å². The van der Waals surface area contributed by atoms with Gasteiger partial charge in [-0.1, -0.05) is 79.4 Å². The molecule has 0 aliphatic heterocycles. The molecule has 1 radical (unpaired) electrons. The van der Waals surface area contributed by atoms with E-state index >= 15 is 0 Å². The molecular formula is C19H18LiSi. The molecule has 2 aliphatic rings. The number of allylic oxidation sites excluding steroid dienone is 2. The molecule has 0 amide bonds. The van der Waals surface area contributed by atoms with Crippen LogP contribution in [-0.4, -0.2) is 27.7 Å². The van der Waals surface area contributed by atoms with Gasteiger partial charge < -0.3 is 0 Å². The van der Waals surface area contributed by atoms with Crippen molar-refractivity contribution in [2.75, 3.05) is 0 Å². The van der Waals surface area contributed by atoms with E-state index in [2.05, 4.69) is 79.4 Å². The SMILES string of the molecule is C[SiH](C1C=Cc2ccccc21)C1C=Cc2ccccc21.[Li]. The van der Waals surface area contributed by atoms with Gasteiger partial charge in [0.2, 0.25) is 0 Å². The Kier molecular flexibility index (Phi) is 4.09. The summed E-state index contributed by atoms with van der Waals surface area (Å²) in [5, 5.41) is 0. The van der Waals surface area contributed by atoms with Crippen LogP contribution in [0.15, 0.2) is 60.7 Å². The zero-order chi connectivity index (χ0) is 13.5. The van der Waals surface area contributed by atoms with Crippen LogP contribution >= 0.6 is 0 Å². The summed E-state index contributed by atoms with van der Waals surface area (Å²) in [6.07, 6.45) is 9.51. The van der Waals surface area contributed by atoms with Crippen LogP contribution < -0.4 is 0 Å². The summed E-state index contributed by atoms with van der Waals surface area (Å²) < 4.78 is 0. The maximum atomic E-state index is 2.52. The molecule has 21 heavy (non-hydrogen) atoms. The van der Waals surface area contributed by atoms with Crippen LogP contribution in [0.3, 0.4) is 0 Å². The zero-order valence-electron chi connectivity index (χ0n) is 12.7. The van der Waals surface area contributed by atoms with Crippen molar-refractivity contribution in [3.63, 3.8) is 0 Å². The Hall–Kier alpha value is -1.27. The summed E-state index contributed by atoms with van der Waals surface area (Å²) in [5.74, 6) is 0. The van der Waals surface area contributed by atoms with E-state index in [1.165, 1.54) is 11.1 Å². The fourth-order valence-corrected chi connectivity index (χ4v) is 6.80. The average Bonchev–Trinajstić information content (AvgIpc) is 3.11. The van der Waals surface area contributed by atoms with Crippen LogP contribution in [0.1, 0.15) is 33.3 Å². The van der Waals surface area contributed by atoms with Gasteiger partial charge in [0.25, 0.3) is 0 Å². The van der Waals surface area contributed by atoms with E-state index in [0.29, 0.717) is 11.1 Å². The fraction of sp³-hybridized carbons (Fsp3) is 0.158. The van der Waals surface area contributed by atoms with Gasteiger partial charge in [0.15, 0.2) is 0 Å². The van der Waals surface area contributed by atoms with Gasteiger partial charge in [-0.05, 0) is 33.3 Å². The molecular weight excluding hydrogens is 263 g/mol. The molecule has 0 N–H and O–H groups in total. The molecule has 0 spiro atoms. The number of fused-ring (bicyclic) bond motifs is 2. The van der Waals surface area contributed by atoms with Crippen LogP contribution in [-0.2, 0) is 0 Å². The molecule has 2 aromatic rings. The standard InChI is InChI=1S/C19H18Si.Li/c1-20(18-12-10-14-6-2-4-8-16(14)18)19-13-11-15-7-3-5-9-17(15)19;/h2-13,18-20H,1H3;. The zero-order valence-corrected chi connectivity index (χ0v) is 13.8. The number of hydrogen-bond donors (Lipinski definition) is 0. The Labute approximate surface area is 140 Å². The first-order valence-corrected chi connectivity index (χ1v) is 9.87. The smallest absolute Gasteiger partial charge is 0.0592 e. The molecule has 2 unspecified atom stereocenters. The monoisotopic (exact) mass is 281 g/mol. The molecule has 0 heterocycles. The number of benzene rings is 2. The molecule has 2 aromatic carbocycles. The summed E-state index contributed by atoms with van der Waals surface area (Å²) in [7, 11) is -0.955. The molecule has 0 aromatic heterocycles. The topological polar surface area (TPSA) is 0 Å². The first kappa shape index (κ1) is 14.7. The van der Waals surface area contributed by atoms with Gasteiger partial charge in [-0.2, -0.15) is 0 Å². The first-order valence-electron chi connectivity index (χ1n) is 7.39. The average molecular weight is 281 g/mol. The minimum absolute atomic E-state index is 0. The molecule has 2 heteroatoms. The molecule has 99 valence electrons. The second kappa shape index (κ2) is 5.85. The van der Waals surface area contributed by atoms with Crippen molar-refractivity contribution in [1.82, 2.24) is 0 Å². The minimum atomic E-state index is -0.955. The Morgan fingerprint density at radius 3 is 1.62 bits per heavy atom. The van der Waals surface area contributed by atoms with Gasteiger partial charge in [0, 0.05) is 18.9 Å². The third-order valence-corrected chi connectivity index (χ3v) is 8.24. The number of hydrogen-bond acceptors (Lipinski definition) is 0. The molecule has 0 bridgehead atoms. The number of rotatable bonds is 2. The van der Waals surface area contributed by atoms with Crippen LogP contribution in [0.4, 0.5) is 0 Å². The molecule has 0 fully saturated rings. The normalized spacial score (nSPS) is 22.5. The van der Waals surface area contributed by atoms with Gasteiger partial charge in [-0.25, -0.2) is 0 Å². The summed E-state index contributed by atoms with van der Waals surface area (Å²) in [4.78, 5) is 0. The van der Waals surface area contributed by atoms with E-state index in [-0.39, 0.29) is 18.9 Å². The Morgan fingerprint density at radius 2 is 1.14 bits per heavy atom. The van der Waals surface area contributed by atoms with Crippen LogP contribution in [0.2, 0.25) is 6.55 Å². The van der Waals surface area contributed by atoms with Crippen LogP contribution in [0.5, 0.6) is 0 Å². The van der Waals surface area contributed by atoms with Crippen LogP contribution in [0.25, 0.3) is 12.2 Å². The van der Waals surface area contributed by atoms with Crippen molar-refractivity contribution in [3.05, 3.63) is 82.9 Å². The van der Waals surface area contributed by atoms with Gasteiger partial charge in [-0.3, -0.25) is 0 Å². The first-order chi connectivity index (χ1) is 9.84. The Balaban J connectivity index is 0.00000132.